The SMILES string of the molecule is CN(C)C(=O)CN=C(NCCc1cccc(C(=O)N(C)C)c1)NCC1CCCCC1. The molecule has 0 heterocycles. The van der Waals surface area contributed by atoms with E-state index in [1.165, 1.54) is 32.1 Å². The lowest BCUT2D eigenvalue weighted by molar-refractivity contribution is -0.127. The van der Waals surface area contributed by atoms with Gasteiger partial charge in [0.05, 0.1) is 0 Å². The van der Waals surface area contributed by atoms with E-state index in [2.05, 4.69) is 15.6 Å². The lowest BCUT2D eigenvalue weighted by atomic mass is 9.89. The molecule has 0 atom stereocenters. The van der Waals surface area contributed by atoms with Crippen LogP contribution in [0.4, 0.5) is 0 Å². The van der Waals surface area contributed by atoms with Gasteiger partial charge in [0.1, 0.15) is 6.54 Å². The Bertz CT molecular complexity index is 724. The molecule has 1 aliphatic rings. The minimum Gasteiger partial charge on any atom is -0.356 e. The van der Waals surface area contributed by atoms with Crippen LogP contribution in [0.5, 0.6) is 0 Å². The fraction of sp³-hybridized carbons (Fsp3) is 0.609. The van der Waals surface area contributed by atoms with E-state index in [1.807, 2.05) is 24.3 Å². The van der Waals surface area contributed by atoms with E-state index in [-0.39, 0.29) is 18.4 Å². The third kappa shape index (κ3) is 8.05. The van der Waals surface area contributed by atoms with Gasteiger partial charge in [-0.15, -0.1) is 0 Å². The fourth-order valence-corrected chi connectivity index (χ4v) is 3.54. The van der Waals surface area contributed by atoms with Gasteiger partial charge in [0, 0.05) is 46.8 Å². The van der Waals surface area contributed by atoms with Crippen LogP contribution in [0.15, 0.2) is 29.3 Å². The van der Waals surface area contributed by atoms with Gasteiger partial charge in [0.15, 0.2) is 5.96 Å². The number of amides is 2. The van der Waals surface area contributed by atoms with Crippen molar-refractivity contribution < 1.29 is 9.59 Å². The number of nitrogens with one attached hydrogen (secondary N) is 2. The van der Waals surface area contributed by atoms with Gasteiger partial charge in [0.25, 0.3) is 5.91 Å². The quantitative estimate of drug-likeness (QED) is 0.504. The highest BCUT2D eigenvalue weighted by Crippen LogP contribution is 2.22. The van der Waals surface area contributed by atoms with E-state index >= 15 is 0 Å². The highest BCUT2D eigenvalue weighted by Gasteiger charge is 2.14. The summed E-state index contributed by atoms with van der Waals surface area (Å²) in [6.45, 7) is 1.68. The molecule has 166 valence electrons. The van der Waals surface area contributed by atoms with E-state index < -0.39 is 0 Å². The molecule has 1 fully saturated rings. The van der Waals surface area contributed by atoms with Crippen molar-refractivity contribution in [1.82, 2.24) is 20.4 Å². The molecular weight excluding hydrogens is 378 g/mol. The van der Waals surface area contributed by atoms with Crippen molar-refractivity contribution >= 4 is 17.8 Å². The van der Waals surface area contributed by atoms with Gasteiger partial charge in [-0.1, -0.05) is 31.4 Å². The molecule has 1 aromatic rings. The predicted molar refractivity (Wildman–Crippen MR) is 122 cm³/mol. The number of likely N-dealkylation sites (N-methyl/N-ethyl adjacent to an activating group) is 1. The Balaban J connectivity index is 1.92. The predicted octanol–water partition coefficient (Wildman–Crippen LogP) is 2.13. The van der Waals surface area contributed by atoms with Gasteiger partial charge >= 0.3 is 0 Å². The lowest BCUT2D eigenvalue weighted by Crippen LogP contribution is -2.41. The third-order valence-corrected chi connectivity index (χ3v) is 5.44. The smallest absolute Gasteiger partial charge is 0.253 e. The van der Waals surface area contributed by atoms with Crippen LogP contribution in [-0.2, 0) is 11.2 Å². The summed E-state index contributed by atoms with van der Waals surface area (Å²) in [4.78, 5) is 31.7. The van der Waals surface area contributed by atoms with Gasteiger partial charge in [0.2, 0.25) is 5.91 Å². The summed E-state index contributed by atoms with van der Waals surface area (Å²) >= 11 is 0. The largest absolute Gasteiger partial charge is 0.356 e. The number of hydrogen-bond acceptors (Lipinski definition) is 3. The van der Waals surface area contributed by atoms with Crippen LogP contribution in [0.1, 0.15) is 48.0 Å². The number of guanidine groups is 1. The summed E-state index contributed by atoms with van der Waals surface area (Å²) in [5.41, 5.74) is 1.78. The molecule has 0 aliphatic heterocycles. The lowest BCUT2D eigenvalue weighted by Gasteiger charge is -2.23. The minimum atomic E-state index is -0.0244. The second kappa shape index (κ2) is 12.2. The second-order valence-electron chi connectivity index (χ2n) is 8.41. The molecule has 1 aliphatic carbocycles. The second-order valence-corrected chi connectivity index (χ2v) is 8.41. The Hall–Kier alpha value is -2.57. The summed E-state index contributed by atoms with van der Waals surface area (Å²) in [7, 11) is 6.99. The number of aliphatic imine (C=N–C) groups is 1. The average Bonchev–Trinajstić information content (AvgIpc) is 2.75. The van der Waals surface area contributed by atoms with E-state index in [0.717, 1.165) is 18.5 Å². The fourth-order valence-electron chi connectivity index (χ4n) is 3.54. The van der Waals surface area contributed by atoms with Crippen molar-refractivity contribution in [2.45, 2.75) is 38.5 Å². The van der Waals surface area contributed by atoms with Crippen molar-refractivity contribution in [3.63, 3.8) is 0 Å². The molecule has 1 saturated carbocycles. The highest BCUT2D eigenvalue weighted by atomic mass is 16.2. The number of carbonyl (C=O) groups excluding carboxylic acids is 2. The van der Waals surface area contributed by atoms with Gasteiger partial charge in [-0.2, -0.15) is 0 Å². The van der Waals surface area contributed by atoms with Crippen molar-refractivity contribution in [3.8, 4) is 0 Å². The molecule has 7 heteroatoms. The zero-order chi connectivity index (χ0) is 21.9. The third-order valence-electron chi connectivity index (χ3n) is 5.44. The number of hydrogen-bond donors (Lipinski definition) is 2. The summed E-state index contributed by atoms with van der Waals surface area (Å²) in [6, 6.07) is 7.71. The van der Waals surface area contributed by atoms with Crippen LogP contribution < -0.4 is 10.6 Å². The van der Waals surface area contributed by atoms with Crippen LogP contribution in [0.2, 0.25) is 0 Å². The number of nitrogens with zero attached hydrogens (tertiary/aromatic N) is 3. The molecule has 0 saturated heterocycles. The van der Waals surface area contributed by atoms with Crippen LogP contribution in [0.3, 0.4) is 0 Å². The number of benzene rings is 1. The summed E-state index contributed by atoms with van der Waals surface area (Å²) in [6.07, 6.45) is 7.21. The molecule has 0 aromatic heterocycles. The maximum atomic E-state index is 12.2. The van der Waals surface area contributed by atoms with Crippen molar-refractivity contribution in [2.75, 3.05) is 47.8 Å². The first-order valence-electron chi connectivity index (χ1n) is 10.9. The normalized spacial score (nSPS) is 14.9. The average molecular weight is 416 g/mol. The van der Waals surface area contributed by atoms with E-state index in [1.54, 1.807) is 38.0 Å². The Morgan fingerprint density at radius 2 is 1.77 bits per heavy atom. The van der Waals surface area contributed by atoms with Crippen LogP contribution in [0.25, 0.3) is 0 Å². The summed E-state index contributed by atoms with van der Waals surface area (Å²) in [5, 5.41) is 6.77. The molecule has 0 spiro atoms. The molecular formula is C23H37N5O2. The van der Waals surface area contributed by atoms with Gasteiger partial charge in [-0.25, -0.2) is 4.99 Å². The van der Waals surface area contributed by atoms with Gasteiger partial charge in [-0.3, -0.25) is 9.59 Å². The molecule has 2 N–H and O–H groups in total. The Labute approximate surface area is 180 Å². The van der Waals surface area contributed by atoms with Crippen molar-refractivity contribution in [1.29, 1.82) is 0 Å². The molecule has 1 aromatic carbocycles. The van der Waals surface area contributed by atoms with E-state index in [4.69, 9.17) is 0 Å². The van der Waals surface area contributed by atoms with E-state index in [0.29, 0.717) is 24.0 Å². The minimum absolute atomic E-state index is 0.00315. The Morgan fingerprint density at radius 3 is 2.43 bits per heavy atom. The molecule has 2 amide bonds. The molecule has 30 heavy (non-hydrogen) atoms. The highest BCUT2D eigenvalue weighted by molar-refractivity contribution is 5.94. The molecule has 0 bridgehead atoms. The molecule has 7 nitrogen and oxygen atoms in total. The first-order chi connectivity index (χ1) is 14.4. The maximum absolute atomic E-state index is 12.2. The van der Waals surface area contributed by atoms with Crippen LogP contribution in [-0.4, -0.2) is 75.4 Å². The van der Waals surface area contributed by atoms with E-state index in [9.17, 15) is 9.59 Å². The standard InChI is InChI=1S/C23H37N5O2/c1-27(2)21(29)17-26-23(25-16-19-9-6-5-7-10-19)24-14-13-18-11-8-12-20(15-18)22(30)28(3)4/h8,11-12,15,19H,5-7,9-10,13-14,16-17H2,1-4H3,(H2,24,25,26). The maximum Gasteiger partial charge on any atom is 0.253 e. The van der Waals surface area contributed by atoms with Crippen molar-refractivity contribution in [2.24, 2.45) is 10.9 Å². The Morgan fingerprint density at radius 1 is 1.03 bits per heavy atom. The number of rotatable bonds is 8. The monoisotopic (exact) mass is 415 g/mol. The van der Waals surface area contributed by atoms with Gasteiger partial charge < -0.3 is 20.4 Å². The summed E-state index contributed by atoms with van der Waals surface area (Å²) in [5.74, 6) is 1.33. The first-order valence-corrected chi connectivity index (χ1v) is 10.9. The zero-order valence-electron chi connectivity index (χ0n) is 18.9. The van der Waals surface area contributed by atoms with Crippen LogP contribution >= 0.6 is 0 Å². The first kappa shape index (κ1) is 23.7. The summed E-state index contributed by atoms with van der Waals surface area (Å²) < 4.78 is 0. The molecule has 0 unspecified atom stereocenters. The van der Waals surface area contributed by atoms with Crippen molar-refractivity contribution in [3.05, 3.63) is 35.4 Å². The Kier molecular flexibility index (Phi) is 9.64. The number of carbonyl (C=O) groups is 2. The zero-order valence-corrected chi connectivity index (χ0v) is 18.9. The van der Waals surface area contributed by atoms with Crippen LogP contribution in [0, 0.1) is 5.92 Å². The van der Waals surface area contributed by atoms with Gasteiger partial charge in [-0.05, 0) is 42.9 Å². The molecule has 0 radical (unpaired) electrons. The topological polar surface area (TPSA) is 77.0 Å². The molecule has 2 rings (SSSR count).